The smallest absolute Gasteiger partial charge is 0.233 e. The maximum atomic E-state index is 12.1. The first-order valence-corrected chi connectivity index (χ1v) is 8.94. The van der Waals surface area contributed by atoms with E-state index < -0.39 is 0 Å². The van der Waals surface area contributed by atoms with Gasteiger partial charge in [-0.15, -0.1) is 28.1 Å². The first-order chi connectivity index (χ1) is 10.2. The molecule has 0 saturated heterocycles. The quantitative estimate of drug-likeness (QED) is 0.591. The number of nitrogens with one attached hydrogen (secondary N) is 1. The number of hydrogen-bond acceptors (Lipinski definition) is 7. The molecular formula is C13H16N4OS3. The van der Waals surface area contributed by atoms with Gasteiger partial charge in [-0.05, 0) is 11.4 Å². The third-order valence-corrected chi connectivity index (χ3v) is 5.38. The van der Waals surface area contributed by atoms with Gasteiger partial charge in [0.15, 0.2) is 4.34 Å². The van der Waals surface area contributed by atoms with Gasteiger partial charge in [0.2, 0.25) is 11.0 Å². The molecule has 0 aromatic carbocycles. The Balaban J connectivity index is 1.77. The largest absolute Gasteiger partial charge is 0.357 e. The maximum absolute atomic E-state index is 12.1. The fourth-order valence-corrected chi connectivity index (χ4v) is 3.91. The van der Waals surface area contributed by atoms with Crippen LogP contribution in [-0.2, 0) is 11.3 Å². The van der Waals surface area contributed by atoms with Gasteiger partial charge in [0.1, 0.15) is 0 Å². The van der Waals surface area contributed by atoms with Gasteiger partial charge in [0.25, 0.3) is 0 Å². The topological polar surface area (TPSA) is 58.1 Å². The lowest BCUT2D eigenvalue weighted by molar-refractivity contribution is -0.127. The van der Waals surface area contributed by atoms with Crippen molar-refractivity contribution in [1.29, 1.82) is 0 Å². The van der Waals surface area contributed by atoms with Crippen LogP contribution in [0.4, 0.5) is 5.13 Å². The number of carbonyl (C=O) groups is 1. The molecule has 1 N–H and O–H groups in total. The Morgan fingerprint density at radius 1 is 1.57 bits per heavy atom. The van der Waals surface area contributed by atoms with E-state index in [1.54, 1.807) is 22.3 Å². The Kier molecular flexibility index (Phi) is 6.21. The summed E-state index contributed by atoms with van der Waals surface area (Å²) in [7, 11) is 1.82. The highest BCUT2D eigenvalue weighted by molar-refractivity contribution is 8.01. The summed E-state index contributed by atoms with van der Waals surface area (Å²) in [6.45, 7) is 4.94. The Hall–Kier alpha value is -1.38. The van der Waals surface area contributed by atoms with Crippen LogP contribution >= 0.6 is 34.4 Å². The molecule has 2 aromatic heterocycles. The fourth-order valence-electron chi connectivity index (χ4n) is 1.46. The van der Waals surface area contributed by atoms with Crippen LogP contribution < -0.4 is 5.32 Å². The van der Waals surface area contributed by atoms with Crippen molar-refractivity contribution in [2.24, 2.45) is 0 Å². The average molecular weight is 340 g/mol. The highest BCUT2D eigenvalue weighted by Crippen LogP contribution is 2.25. The van der Waals surface area contributed by atoms with Gasteiger partial charge >= 0.3 is 0 Å². The normalized spacial score (nSPS) is 10.3. The number of thiophene rings is 1. The van der Waals surface area contributed by atoms with Crippen molar-refractivity contribution in [3.8, 4) is 0 Å². The molecule has 0 fully saturated rings. The molecule has 0 aliphatic rings. The van der Waals surface area contributed by atoms with Crippen molar-refractivity contribution in [3.63, 3.8) is 0 Å². The molecule has 2 rings (SSSR count). The minimum Gasteiger partial charge on any atom is -0.357 e. The summed E-state index contributed by atoms with van der Waals surface area (Å²) in [4.78, 5) is 15.0. The van der Waals surface area contributed by atoms with Gasteiger partial charge in [0, 0.05) is 18.5 Å². The van der Waals surface area contributed by atoms with Gasteiger partial charge in [0.05, 0.1) is 12.3 Å². The number of thioether (sulfide) groups is 1. The van der Waals surface area contributed by atoms with Crippen LogP contribution in [0.15, 0.2) is 34.5 Å². The Morgan fingerprint density at radius 2 is 2.43 bits per heavy atom. The minimum absolute atomic E-state index is 0.0872. The first-order valence-electron chi connectivity index (χ1n) is 6.26. The zero-order chi connectivity index (χ0) is 15.1. The number of amides is 1. The maximum Gasteiger partial charge on any atom is 0.233 e. The summed E-state index contributed by atoms with van der Waals surface area (Å²) in [5.41, 5.74) is 0. The Morgan fingerprint density at radius 3 is 3.14 bits per heavy atom. The summed E-state index contributed by atoms with van der Waals surface area (Å²) >= 11 is 4.52. The van der Waals surface area contributed by atoms with Crippen LogP contribution in [0.2, 0.25) is 0 Å². The van der Waals surface area contributed by atoms with Crippen LogP contribution in [0, 0.1) is 0 Å². The molecule has 0 atom stereocenters. The second kappa shape index (κ2) is 8.16. The van der Waals surface area contributed by atoms with Crippen LogP contribution in [0.5, 0.6) is 0 Å². The van der Waals surface area contributed by atoms with E-state index in [0.717, 1.165) is 9.47 Å². The van der Waals surface area contributed by atoms with E-state index >= 15 is 0 Å². The van der Waals surface area contributed by atoms with Crippen LogP contribution in [0.1, 0.15) is 4.88 Å². The molecule has 0 unspecified atom stereocenters. The van der Waals surface area contributed by atoms with Crippen LogP contribution in [-0.4, -0.2) is 40.3 Å². The Bertz CT molecular complexity index is 582. The molecule has 2 heterocycles. The van der Waals surface area contributed by atoms with Crippen molar-refractivity contribution >= 4 is 45.5 Å². The van der Waals surface area contributed by atoms with Crippen LogP contribution in [0.3, 0.4) is 0 Å². The summed E-state index contributed by atoms with van der Waals surface area (Å²) < 4.78 is 0.791. The van der Waals surface area contributed by atoms with E-state index in [9.17, 15) is 4.79 Å². The number of rotatable bonds is 8. The number of aromatic nitrogens is 2. The Labute approximate surface area is 136 Å². The van der Waals surface area contributed by atoms with E-state index in [1.807, 2.05) is 24.6 Å². The fraction of sp³-hybridized carbons (Fsp3) is 0.308. The highest BCUT2D eigenvalue weighted by Gasteiger charge is 2.12. The van der Waals surface area contributed by atoms with Crippen molar-refractivity contribution in [2.45, 2.75) is 10.9 Å². The van der Waals surface area contributed by atoms with Crippen molar-refractivity contribution in [1.82, 2.24) is 15.1 Å². The van der Waals surface area contributed by atoms with E-state index in [4.69, 9.17) is 0 Å². The molecule has 112 valence electrons. The van der Waals surface area contributed by atoms with E-state index in [-0.39, 0.29) is 5.91 Å². The third kappa shape index (κ3) is 5.14. The highest BCUT2D eigenvalue weighted by atomic mass is 32.2. The van der Waals surface area contributed by atoms with Gasteiger partial charge in [-0.3, -0.25) is 4.79 Å². The van der Waals surface area contributed by atoms with Gasteiger partial charge in [-0.25, -0.2) is 0 Å². The molecule has 0 spiro atoms. The zero-order valence-electron chi connectivity index (χ0n) is 11.6. The number of nitrogens with zero attached hydrogens (tertiary/aromatic N) is 3. The van der Waals surface area contributed by atoms with Crippen LogP contribution in [0.25, 0.3) is 0 Å². The molecule has 0 aliphatic heterocycles. The van der Waals surface area contributed by atoms with Crippen molar-refractivity contribution in [3.05, 3.63) is 35.0 Å². The lowest BCUT2D eigenvalue weighted by Gasteiger charge is -2.15. The predicted molar refractivity (Wildman–Crippen MR) is 90.1 cm³/mol. The summed E-state index contributed by atoms with van der Waals surface area (Å²) in [6, 6.07) is 4.02. The van der Waals surface area contributed by atoms with Crippen molar-refractivity contribution < 1.29 is 4.79 Å². The van der Waals surface area contributed by atoms with Crippen molar-refractivity contribution in [2.75, 3.05) is 24.7 Å². The standard InChI is InChI=1S/C13H16N4OS3/c1-3-6-14-12-15-16-13(21-12)20-9-11(18)17(2)8-10-5-4-7-19-10/h3-5,7H,1,6,8-9H2,2H3,(H,14,15). The molecule has 0 bridgehead atoms. The number of anilines is 1. The molecule has 5 nitrogen and oxygen atoms in total. The molecule has 21 heavy (non-hydrogen) atoms. The SMILES string of the molecule is C=CCNc1nnc(SCC(=O)N(C)Cc2cccs2)s1. The predicted octanol–water partition coefficient (Wildman–Crippen LogP) is 2.95. The second-order valence-corrected chi connectivity index (χ2v) is 7.39. The lowest BCUT2D eigenvalue weighted by atomic mass is 10.4. The van der Waals surface area contributed by atoms with E-state index in [2.05, 4.69) is 22.1 Å². The molecule has 1 amide bonds. The summed E-state index contributed by atoms with van der Waals surface area (Å²) in [5, 5.41) is 13.9. The number of hydrogen-bond donors (Lipinski definition) is 1. The third-order valence-electron chi connectivity index (χ3n) is 2.52. The zero-order valence-corrected chi connectivity index (χ0v) is 14.1. The molecule has 0 aliphatic carbocycles. The molecule has 8 heteroatoms. The van der Waals surface area contributed by atoms with E-state index in [0.29, 0.717) is 18.8 Å². The summed E-state index contributed by atoms with van der Waals surface area (Å²) in [6.07, 6.45) is 1.76. The number of carbonyl (C=O) groups excluding carboxylic acids is 1. The molecule has 0 saturated carbocycles. The van der Waals surface area contributed by atoms with Gasteiger partial charge in [-0.1, -0.05) is 35.2 Å². The van der Waals surface area contributed by atoms with Gasteiger partial charge < -0.3 is 10.2 Å². The second-order valence-electron chi connectivity index (χ2n) is 4.16. The molecular weight excluding hydrogens is 324 g/mol. The minimum atomic E-state index is 0.0872. The summed E-state index contributed by atoms with van der Waals surface area (Å²) in [5.74, 6) is 0.460. The molecule has 0 radical (unpaired) electrons. The average Bonchev–Trinajstić information content (AvgIpc) is 3.14. The molecule has 2 aromatic rings. The lowest BCUT2D eigenvalue weighted by Crippen LogP contribution is -2.27. The van der Waals surface area contributed by atoms with Gasteiger partial charge in [-0.2, -0.15) is 0 Å². The monoisotopic (exact) mass is 340 g/mol. The first kappa shape index (κ1) is 16.0. The van der Waals surface area contributed by atoms with E-state index in [1.165, 1.54) is 28.0 Å².